The Morgan fingerprint density at radius 3 is 2.85 bits per heavy atom. The van der Waals surface area contributed by atoms with E-state index in [1.54, 1.807) is 6.20 Å². The number of fused-ring (bicyclic) bond motifs is 1. The molecule has 0 aromatic carbocycles. The van der Waals surface area contributed by atoms with Crippen LogP contribution in [-0.2, 0) is 0 Å². The molecular weight excluding hydrogens is 184 g/mol. The number of hydrogen-bond donors (Lipinski definition) is 1. The number of hydrogen-bond acceptors (Lipinski definition) is 4. The zero-order valence-corrected chi connectivity index (χ0v) is 8.14. The predicted octanol–water partition coefficient (Wildman–Crippen LogP) is 1.70. The summed E-state index contributed by atoms with van der Waals surface area (Å²) in [6.07, 6.45) is 1.70. The van der Waals surface area contributed by atoms with E-state index in [0.29, 0.717) is 4.64 Å². The van der Waals surface area contributed by atoms with Gasteiger partial charge in [0, 0.05) is 6.20 Å². The number of H-pyrrole nitrogens is 1. The Morgan fingerprint density at radius 2 is 2.08 bits per heavy atom. The van der Waals surface area contributed by atoms with Crippen LogP contribution >= 0.6 is 12.2 Å². The topological polar surface area (TPSA) is 54.5 Å². The second-order valence-electron chi connectivity index (χ2n) is 2.81. The number of aromatic nitrogens is 4. The summed E-state index contributed by atoms with van der Waals surface area (Å²) >= 11 is 5.07. The number of rotatable bonds is 0. The lowest BCUT2D eigenvalue weighted by Gasteiger charge is -1.99. The third-order valence-electron chi connectivity index (χ3n) is 1.71. The molecule has 13 heavy (non-hydrogen) atoms. The van der Waals surface area contributed by atoms with E-state index in [0.717, 1.165) is 22.7 Å². The van der Waals surface area contributed by atoms with Crippen molar-refractivity contribution in [1.82, 2.24) is 19.9 Å². The SMILES string of the molecule is Cc1ncc2c(=S)nc(C)[nH]c2n1. The lowest BCUT2D eigenvalue weighted by molar-refractivity contribution is 1.02. The first kappa shape index (κ1) is 8.25. The van der Waals surface area contributed by atoms with E-state index in [1.165, 1.54) is 0 Å². The van der Waals surface area contributed by atoms with Crippen molar-refractivity contribution in [3.05, 3.63) is 22.5 Å². The molecule has 4 nitrogen and oxygen atoms in total. The standard InChI is InChI=1S/C8H8N4S/c1-4-9-3-6-7(10-4)11-5(2)12-8(6)13/h3H,1-2H3,(H,9,10,11,12,13). The van der Waals surface area contributed by atoms with Gasteiger partial charge < -0.3 is 4.98 Å². The summed E-state index contributed by atoms with van der Waals surface area (Å²) in [4.78, 5) is 15.4. The molecule has 0 saturated carbocycles. The van der Waals surface area contributed by atoms with Crippen molar-refractivity contribution >= 4 is 23.3 Å². The highest BCUT2D eigenvalue weighted by Gasteiger charge is 1.99. The van der Waals surface area contributed by atoms with Gasteiger partial charge in [0.2, 0.25) is 0 Å². The molecule has 0 fully saturated rings. The van der Waals surface area contributed by atoms with Crippen LogP contribution in [0.1, 0.15) is 11.6 Å². The fourth-order valence-corrected chi connectivity index (χ4v) is 1.42. The minimum Gasteiger partial charge on any atom is -0.328 e. The van der Waals surface area contributed by atoms with E-state index in [9.17, 15) is 0 Å². The van der Waals surface area contributed by atoms with E-state index in [-0.39, 0.29) is 0 Å². The molecule has 1 N–H and O–H groups in total. The molecular formula is C8H8N4S. The summed E-state index contributed by atoms with van der Waals surface area (Å²) in [5.41, 5.74) is 0.755. The van der Waals surface area contributed by atoms with Crippen molar-refractivity contribution in [2.75, 3.05) is 0 Å². The summed E-state index contributed by atoms with van der Waals surface area (Å²) in [6.45, 7) is 3.69. The molecule has 0 unspecified atom stereocenters. The molecule has 0 aliphatic heterocycles. The van der Waals surface area contributed by atoms with Crippen LogP contribution in [-0.4, -0.2) is 19.9 Å². The number of aryl methyl sites for hydroxylation is 2. The van der Waals surface area contributed by atoms with Crippen molar-refractivity contribution in [3.8, 4) is 0 Å². The summed E-state index contributed by atoms with van der Waals surface area (Å²) in [7, 11) is 0. The second-order valence-corrected chi connectivity index (χ2v) is 3.19. The maximum absolute atomic E-state index is 5.07. The first-order valence-electron chi connectivity index (χ1n) is 3.87. The van der Waals surface area contributed by atoms with Gasteiger partial charge in [-0.15, -0.1) is 0 Å². The van der Waals surface area contributed by atoms with Gasteiger partial charge in [0.25, 0.3) is 0 Å². The Hall–Kier alpha value is -1.36. The summed E-state index contributed by atoms with van der Waals surface area (Å²) in [5.74, 6) is 1.50. The molecule has 0 atom stereocenters. The Kier molecular flexibility index (Phi) is 1.81. The number of nitrogens with one attached hydrogen (secondary N) is 1. The minimum absolute atomic E-state index is 0.547. The Morgan fingerprint density at radius 1 is 1.31 bits per heavy atom. The Labute approximate surface area is 80.1 Å². The van der Waals surface area contributed by atoms with Crippen LogP contribution in [0.15, 0.2) is 6.20 Å². The highest BCUT2D eigenvalue weighted by atomic mass is 32.1. The normalized spacial score (nSPS) is 10.6. The van der Waals surface area contributed by atoms with Crippen molar-refractivity contribution in [1.29, 1.82) is 0 Å². The molecule has 0 spiro atoms. The zero-order chi connectivity index (χ0) is 9.42. The third kappa shape index (κ3) is 1.42. The summed E-state index contributed by atoms with van der Waals surface area (Å²) < 4.78 is 0.547. The molecule has 5 heteroatoms. The molecule has 2 aromatic rings. The van der Waals surface area contributed by atoms with Gasteiger partial charge >= 0.3 is 0 Å². The monoisotopic (exact) mass is 192 g/mol. The van der Waals surface area contributed by atoms with Gasteiger partial charge in [0.15, 0.2) is 0 Å². The third-order valence-corrected chi connectivity index (χ3v) is 2.02. The maximum Gasteiger partial charge on any atom is 0.145 e. The molecule has 2 aromatic heterocycles. The number of aromatic amines is 1. The van der Waals surface area contributed by atoms with Gasteiger partial charge in [-0.05, 0) is 13.8 Å². The lowest BCUT2D eigenvalue weighted by Crippen LogP contribution is -1.95. The van der Waals surface area contributed by atoms with Crippen LogP contribution in [0.25, 0.3) is 11.0 Å². The quantitative estimate of drug-likeness (QED) is 0.645. The average molecular weight is 192 g/mol. The van der Waals surface area contributed by atoms with E-state index < -0.39 is 0 Å². The highest BCUT2D eigenvalue weighted by molar-refractivity contribution is 7.71. The molecule has 0 bridgehead atoms. The van der Waals surface area contributed by atoms with E-state index in [4.69, 9.17) is 12.2 Å². The molecule has 0 aliphatic rings. The molecule has 0 aliphatic carbocycles. The van der Waals surface area contributed by atoms with Crippen molar-refractivity contribution in [2.45, 2.75) is 13.8 Å². The van der Waals surface area contributed by atoms with Gasteiger partial charge in [-0.3, -0.25) is 0 Å². The predicted molar refractivity (Wildman–Crippen MR) is 52.0 cm³/mol. The smallest absolute Gasteiger partial charge is 0.145 e. The zero-order valence-electron chi connectivity index (χ0n) is 7.33. The maximum atomic E-state index is 5.07. The molecule has 0 radical (unpaired) electrons. The van der Waals surface area contributed by atoms with Crippen molar-refractivity contribution in [2.24, 2.45) is 0 Å². The minimum atomic E-state index is 0.547. The second kappa shape index (κ2) is 2.85. The van der Waals surface area contributed by atoms with Crippen LogP contribution in [0.2, 0.25) is 0 Å². The van der Waals surface area contributed by atoms with Crippen LogP contribution in [0.3, 0.4) is 0 Å². The Balaban J connectivity index is 2.95. The molecule has 0 saturated heterocycles. The number of nitrogens with zero attached hydrogens (tertiary/aromatic N) is 3. The summed E-state index contributed by atoms with van der Waals surface area (Å²) in [5, 5.41) is 0.797. The molecule has 0 amide bonds. The van der Waals surface area contributed by atoms with Gasteiger partial charge in [-0.1, -0.05) is 12.2 Å². The lowest BCUT2D eigenvalue weighted by atomic mass is 10.4. The average Bonchev–Trinajstić information content (AvgIpc) is 2.02. The molecule has 66 valence electrons. The van der Waals surface area contributed by atoms with Crippen LogP contribution in [0.5, 0.6) is 0 Å². The van der Waals surface area contributed by atoms with E-state index >= 15 is 0 Å². The Bertz CT molecular complexity index is 512. The largest absolute Gasteiger partial charge is 0.328 e. The van der Waals surface area contributed by atoms with Gasteiger partial charge in [-0.2, -0.15) is 0 Å². The molecule has 2 rings (SSSR count). The van der Waals surface area contributed by atoms with Crippen LogP contribution in [0, 0.1) is 18.5 Å². The van der Waals surface area contributed by atoms with E-state index in [2.05, 4.69) is 19.9 Å². The van der Waals surface area contributed by atoms with Gasteiger partial charge in [0.05, 0.1) is 5.39 Å². The fourth-order valence-electron chi connectivity index (χ4n) is 1.13. The van der Waals surface area contributed by atoms with Gasteiger partial charge in [-0.25, -0.2) is 15.0 Å². The fraction of sp³-hybridized carbons (Fsp3) is 0.250. The van der Waals surface area contributed by atoms with Gasteiger partial charge in [0.1, 0.15) is 21.9 Å². The van der Waals surface area contributed by atoms with Crippen LogP contribution in [0.4, 0.5) is 0 Å². The van der Waals surface area contributed by atoms with Crippen molar-refractivity contribution in [3.63, 3.8) is 0 Å². The summed E-state index contributed by atoms with van der Waals surface area (Å²) in [6, 6.07) is 0. The first-order valence-corrected chi connectivity index (χ1v) is 4.28. The van der Waals surface area contributed by atoms with E-state index in [1.807, 2.05) is 13.8 Å². The first-order chi connectivity index (χ1) is 6.16. The van der Waals surface area contributed by atoms with Crippen LogP contribution < -0.4 is 0 Å². The highest BCUT2D eigenvalue weighted by Crippen LogP contribution is 2.08. The molecule has 2 heterocycles. The van der Waals surface area contributed by atoms with Crippen molar-refractivity contribution < 1.29 is 0 Å².